The Morgan fingerprint density at radius 3 is 1.57 bits per heavy atom. The van der Waals surface area contributed by atoms with Crippen molar-refractivity contribution in [1.29, 1.82) is 0 Å². The molecule has 3 aromatic rings. The number of rotatable bonds is 3. The molecule has 0 aliphatic rings. The quantitative estimate of drug-likeness (QED) is 0.350. The molecule has 0 amide bonds. The molecular weight excluding hydrogens is 425 g/mol. The van der Waals surface area contributed by atoms with E-state index in [1.807, 2.05) is 58.9 Å². The average molecular weight is 451 g/mol. The highest BCUT2D eigenvalue weighted by Crippen LogP contribution is 2.30. The van der Waals surface area contributed by atoms with Crippen molar-refractivity contribution in [3.05, 3.63) is 83.2 Å². The number of hydrogen-bond acceptors (Lipinski definition) is 0. The maximum atomic E-state index is 14.5. The smallest absolute Gasteiger partial charge is 0.131 e. The van der Waals surface area contributed by atoms with Gasteiger partial charge in [-0.05, 0) is 41.8 Å². The van der Waals surface area contributed by atoms with Crippen molar-refractivity contribution >= 4 is 15.9 Å². The predicted molar refractivity (Wildman–Crippen MR) is 117 cm³/mol. The van der Waals surface area contributed by atoms with Crippen molar-refractivity contribution in [1.82, 2.24) is 0 Å². The molecule has 0 saturated carbocycles. The largest absolute Gasteiger partial charge is 0.207 e. The van der Waals surface area contributed by atoms with Gasteiger partial charge in [-0.3, -0.25) is 0 Å². The Morgan fingerprint density at radius 1 is 0.643 bits per heavy atom. The maximum Gasteiger partial charge on any atom is 0.131 e. The summed E-state index contributed by atoms with van der Waals surface area (Å²) in [4.78, 5) is 0. The lowest BCUT2D eigenvalue weighted by Crippen LogP contribution is -1.95. The van der Waals surface area contributed by atoms with Gasteiger partial charge in [0.15, 0.2) is 0 Å². The van der Waals surface area contributed by atoms with Gasteiger partial charge in [-0.25, -0.2) is 13.2 Å². The van der Waals surface area contributed by atoms with Crippen molar-refractivity contribution in [2.45, 2.75) is 39.9 Å². The zero-order chi connectivity index (χ0) is 21.3. The van der Waals surface area contributed by atoms with E-state index in [4.69, 9.17) is 0 Å². The van der Waals surface area contributed by atoms with E-state index < -0.39 is 17.5 Å². The topological polar surface area (TPSA) is 0 Å². The maximum absolute atomic E-state index is 14.5. The number of alkyl halides is 1. The van der Waals surface area contributed by atoms with Crippen LogP contribution in [0.5, 0.6) is 0 Å². The van der Waals surface area contributed by atoms with Crippen LogP contribution >= 0.6 is 15.9 Å². The van der Waals surface area contributed by atoms with Gasteiger partial charge in [0.05, 0.1) is 0 Å². The molecule has 0 fully saturated rings. The summed E-state index contributed by atoms with van der Waals surface area (Å²) in [7, 11) is 0. The molecule has 0 saturated heterocycles. The molecule has 0 unspecified atom stereocenters. The third-order valence-electron chi connectivity index (χ3n) is 3.94. The fourth-order valence-corrected chi connectivity index (χ4v) is 3.10. The molecule has 0 radical (unpaired) electrons. The molecule has 28 heavy (non-hydrogen) atoms. The van der Waals surface area contributed by atoms with E-state index in [0.29, 0.717) is 5.56 Å². The highest BCUT2D eigenvalue weighted by atomic mass is 79.9. The summed E-state index contributed by atoms with van der Waals surface area (Å²) in [6.07, 6.45) is 0. The number of hydrogen-bond donors (Lipinski definition) is 0. The average Bonchev–Trinajstić information content (AvgIpc) is 2.71. The van der Waals surface area contributed by atoms with Crippen molar-refractivity contribution < 1.29 is 13.2 Å². The molecule has 0 spiro atoms. The van der Waals surface area contributed by atoms with Crippen LogP contribution in [0.4, 0.5) is 13.2 Å². The molecule has 0 N–H and O–H groups in total. The summed E-state index contributed by atoms with van der Waals surface area (Å²) in [6, 6.07) is 14.7. The Bertz CT molecular complexity index is 864. The number of aryl methyl sites for hydroxylation is 1. The van der Waals surface area contributed by atoms with Gasteiger partial charge in [0.2, 0.25) is 0 Å². The zero-order valence-electron chi connectivity index (χ0n) is 16.9. The van der Waals surface area contributed by atoms with Crippen molar-refractivity contribution in [3.8, 4) is 22.3 Å². The second-order valence-electron chi connectivity index (χ2n) is 5.61. The van der Waals surface area contributed by atoms with Crippen LogP contribution in [-0.2, 0) is 5.33 Å². The molecule has 0 heterocycles. The Kier molecular flexibility index (Phi) is 10.0. The second-order valence-corrected chi connectivity index (χ2v) is 6.17. The predicted octanol–water partition coefficient (Wildman–Crippen LogP) is 8.69. The molecule has 0 aliphatic heterocycles. The summed E-state index contributed by atoms with van der Waals surface area (Å²) in [5, 5.41) is 0.0692. The first-order valence-corrected chi connectivity index (χ1v) is 10.5. The lowest BCUT2D eigenvalue weighted by Gasteiger charge is -2.09. The van der Waals surface area contributed by atoms with Crippen LogP contribution in [-0.4, -0.2) is 0 Å². The van der Waals surface area contributed by atoms with E-state index in [1.165, 1.54) is 6.07 Å². The SMILES string of the molecule is CC.CC.Cc1ccc(-c2ccc(-c3cc(F)c(CBr)c(F)c3)c(F)c2)cc1. The molecule has 0 bridgehead atoms. The lowest BCUT2D eigenvalue weighted by molar-refractivity contribution is 0.567. The zero-order valence-corrected chi connectivity index (χ0v) is 18.5. The van der Waals surface area contributed by atoms with Crippen LogP contribution in [0.2, 0.25) is 0 Å². The molecule has 3 aromatic carbocycles. The third-order valence-corrected chi connectivity index (χ3v) is 4.50. The summed E-state index contributed by atoms with van der Waals surface area (Å²) < 4.78 is 42.3. The molecule has 0 atom stereocenters. The van der Waals surface area contributed by atoms with Crippen LogP contribution in [0, 0.1) is 24.4 Å². The first-order valence-electron chi connectivity index (χ1n) is 9.40. The van der Waals surface area contributed by atoms with Crippen LogP contribution in [0.1, 0.15) is 38.8 Å². The molecule has 0 aliphatic carbocycles. The summed E-state index contributed by atoms with van der Waals surface area (Å²) >= 11 is 3.04. The van der Waals surface area contributed by atoms with E-state index in [9.17, 15) is 13.2 Å². The Balaban J connectivity index is 0.000000921. The molecule has 4 heteroatoms. The molecule has 0 aromatic heterocycles. The third kappa shape index (κ3) is 5.71. The van der Waals surface area contributed by atoms with Crippen molar-refractivity contribution in [2.75, 3.05) is 0 Å². The summed E-state index contributed by atoms with van der Waals surface area (Å²) in [5.74, 6) is -1.90. The number of halogens is 4. The first kappa shape index (κ1) is 24.0. The van der Waals surface area contributed by atoms with Gasteiger partial charge in [-0.2, -0.15) is 0 Å². The molecule has 0 nitrogen and oxygen atoms in total. The van der Waals surface area contributed by atoms with Crippen LogP contribution in [0.3, 0.4) is 0 Å². The minimum atomic E-state index is -0.691. The van der Waals surface area contributed by atoms with Gasteiger partial charge in [-0.1, -0.05) is 85.6 Å². The van der Waals surface area contributed by atoms with Crippen LogP contribution < -0.4 is 0 Å². The minimum Gasteiger partial charge on any atom is -0.207 e. The lowest BCUT2D eigenvalue weighted by atomic mass is 9.98. The summed E-state index contributed by atoms with van der Waals surface area (Å²) in [6.45, 7) is 9.98. The van der Waals surface area contributed by atoms with E-state index in [0.717, 1.165) is 23.3 Å². The summed E-state index contributed by atoms with van der Waals surface area (Å²) in [5.41, 5.74) is 3.02. The highest BCUT2D eigenvalue weighted by Gasteiger charge is 2.14. The van der Waals surface area contributed by atoms with E-state index >= 15 is 0 Å². The van der Waals surface area contributed by atoms with Crippen LogP contribution in [0.15, 0.2) is 54.6 Å². The van der Waals surface area contributed by atoms with Gasteiger partial charge in [-0.15, -0.1) is 0 Å². The monoisotopic (exact) mass is 450 g/mol. The van der Waals surface area contributed by atoms with Crippen molar-refractivity contribution in [2.24, 2.45) is 0 Å². The van der Waals surface area contributed by atoms with E-state index in [2.05, 4.69) is 15.9 Å². The highest BCUT2D eigenvalue weighted by molar-refractivity contribution is 9.08. The molecule has 3 rings (SSSR count). The molecule has 150 valence electrons. The van der Waals surface area contributed by atoms with Crippen molar-refractivity contribution in [3.63, 3.8) is 0 Å². The van der Waals surface area contributed by atoms with Gasteiger partial charge in [0.1, 0.15) is 17.5 Å². The van der Waals surface area contributed by atoms with Gasteiger partial charge in [0.25, 0.3) is 0 Å². The van der Waals surface area contributed by atoms with Gasteiger partial charge < -0.3 is 0 Å². The van der Waals surface area contributed by atoms with Crippen LogP contribution in [0.25, 0.3) is 22.3 Å². The fourth-order valence-electron chi connectivity index (χ4n) is 2.56. The molecular formula is C24H26BrF3. The van der Waals surface area contributed by atoms with E-state index in [-0.39, 0.29) is 22.0 Å². The Morgan fingerprint density at radius 2 is 1.11 bits per heavy atom. The van der Waals surface area contributed by atoms with Gasteiger partial charge in [0, 0.05) is 16.5 Å². The fraction of sp³-hybridized carbons (Fsp3) is 0.250. The van der Waals surface area contributed by atoms with Gasteiger partial charge >= 0.3 is 0 Å². The Labute approximate surface area is 174 Å². The second kappa shape index (κ2) is 11.7. The minimum absolute atomic E-state index is 0.0598. The van der Waals surface area contributed by atoms with E-state index in [1.54, 1.807) is 12.1 Å². The first-order chi connectivity index (χ1) is 13.5. The Hall–Kier alpha value is -2.07. The normalized spacial score (nSPS) is 9.75. The number of benzene rings is 3. The standard InChI is InChI=1S/C20H14BrF3.2C2H6/c1-12-2-4-13(5-3-12)14-6-7-16(18(22)8-14)15-9-19(23)17(11-21)20(24)10-15;2*1-2/h2-10H,11H2,1H3;2*1-2H3.